The number of thiophene rings is 1. The van der Waals surface area contributed by atoms with Crippen molar-refractivity contribution in [3.05, 3.63) is 22.4 Å². The van der Waals surface area contributed by atoms with E-state index < -0.39 is 5.97 Å². The Morgan fingerprint density at radius 3 is 2.94 bits per heavy atom. The van der Waals surface area contributed by atoms with Crippen LogP contribution < -0.4 is 0 Å². The van der Waals surface area contributed by atoms with Gasteiger partial charge >= 0.3 is 5.97 Å². The van der Waals surface area contributed by atoms with E-state index in [4.69, 9.17) is 9.84 Å². The van der Waals surface area contributed by atoms with Crippen LogP contribution in [0.1, 0.15) is 17.8 Å². The number of nitrogens with zero attached hydrogens (tertiary/aromatic N) is 1. The molecule has 1 rings (SSSR count). The summed E-state index contributed by atoms with van der Waals surface area (Å²) in [4.78, 5) is 13.8. The highest BCUT2D eigenvalue weighted by Crippen LogP contribution is 2.23. The zero-order valence-corrected chi connectivity index (χ0v) is 10.4. The smallest absolute Gasteiger partial charge is 0.317 e. The minimum Gasteiger partial charge on any atom is -0.480 e. The summed E-state index contributed by atoms with van der Waals surface area (Å²) in [5.74, 6) is -0.806. The summed E-state index contributed by atoms with van der Waals surface area (Å²) in [6.07, 6.45) is 0. The van der Waals surface area contributed by atoms with E-state index in [1.165, 1.54) is 4.88 Å². The van der Waals surface area contributed by atoms with E-state index in [1.54, 1.807) is 18.4 Å². The van der Waals surface area contributed by atoms with E-state index in [0.29, 0.717) is 13.2 Å². The molecule has 0 saturated carbocycles. The first-order valence-corrected chi connectivity index (χ1v) is 6.01. The average Bonchev–Trinajstić information content (AvgIpc) is 2.76. The molecular formula is C11H17NO3S. The fourth-order valence-electron chi connectivity index (χ4n) is 1.50. The Labute approximate surface area is 99.5 Å². The molecule has 1 N–H and O–H groups in total. The van der Waals surface area contributed by atoms with E-state index in [9.17, 15) is 4.79 Å². The van der Waals surface area contributed by atoms with Crippen LogP contribution in [0, 0.1) is 0 Å². The number of carboxylic acids is 1. The molecule has 0 bridgehead atoms. The molecular weight excluding hydrogens is 226 g/mol. The second kappa shape index (κ2) is 6.62. The number of hydrogen-bond acceptors (Lipinski definition) is 4. The summed E-state index contributed by atoms with van der Waals surface area (Å²) in [5, 5.41) is 10.9. The van der Waals surface area contributed by atoms with E-state index in [1.807, 2.05) is 29.3 Å². The summed E-state index contributed by atoms with van der Waals surface area (Å²) in [6.45, 7) is 3.23. The van der Waals surface area contributed by atoms with Gasteiger partial charge in [0.2, 0.25) is 0 Å². The quantitative estimate of drug-likeness (QED) is 0.794. The van der Waals surface area contributed by atoms with Crippen LogP contribution in [-0.2, 0) is 9.53 Å². The molecule has 0 aliphatic rings. The highest BCUT2D eigenvalue weighted by atomic mass is 32.1. The fraction of sp³-hybridized carbons (Fsp3) is 0.545. The van der Waals surface area contributed by atoms with Gasteiger partial charge in [-0.05, 0) is 18.4 Å². The molecule has 1 aromatic heterocycles. The van der Waals surface area contributed by atoms with E-state index in [0.717, 1.165) is 0 Å². The molecule has 0 spiro atoms. The van der Waals surface area contributed by atoms with E-state index >= 15 is 0 Å². The van der Waals surface area contributed by atoms with Crippen molar-refractivity contribution in [1.82, 2.24) is 4.90 Å². The number of methoxy groups -OCH3 is 1. The van der Waals surface area contributed by atoms with Crippen LogP contribution in [0.4, 0.5) is 0 Å². The predicted octanol–water partition coefficient (Wildman–Crippen LogP) is 1.84. The van der Waals surface area contributed by atoms with Crippen molar-refractivity contribution in [3.63, 3.8) is 0 Å². The van der Waals surface area contributed by atoms with Crippen molar-refractivity contribution in [3.8, 4) is 0 Å². The van der Waals surface area contributed by atoms with Crippen LogP contribution in [0.2, 0.25) is 0 Å². The number of hydrogen-bond donors (Lipinski definition) is 1. The molecule has 0 amide bonds. The van der Waals surface area contributed by atoms with Crippen LogP contribution in [0.25, 0.3) is 0 Å². The van der Waals surface area contributed by atoms with Gasteiger partial charge in [0.25, 0.3) is 0 Å². The zero-order chi connectivity index (χ0) is 12.0. The Kier molecular flexibility index (Phi) is 5.45. The first-order chi connectivity index (χ1) is 7.65. The third-order valence-electron chi connectivity index (χ3n) is 2.42. The second-order valence-electron chi connectivity index (χ2n) is 3.55. The van der Waals surface area contributed by atoms with Gasteiger partial charge < -0.3 is 9.84 Å². The number of carboxylic acid groups (broad SMARTS) is 1. The van der Waals surface area contributed by atoms with Crippen molar-refractivity contribution in [2.24, 2.45) is 0 Å². The van der Waals surface area contributed by atoms with Crippen molar-refractivity contribution in [1.29, 1.82) is 0 Å². The molecule has 0 aromatic carbocycles. The maximum absolute atomic E-state index is 10.8. The Morgan fingerprint density at radius 1 is 1.69 bits per heavy atom. The molecule has 1 heterocycles. The summed E-state index contributed by atoms with van der Waals surface area (Å²) >= 11 is 1.64. The van der Waals surface area contributed by atoms with E-state index in [-0.39, 0.29) is 12.6 Å². The van der Waals surface area contributed by atoms with Crippen LogP contribution in [-0.4, -0.2) is 42.8 Å². The lowest BCUT2D eigenvalue weighted by atomic mass is 10.2. The van der Waals surface area contributed by atoms with Crippen LogP contribution in [0.5, 0.6) is 0 Å². The molecule has 1 atom stereocenters. The third-order valence-corrected chi connectivity index (χ3v) is 3.47. The Morgan fingerprint density at radius 2 is 2.44 bits per heavy atom. The highest BCUT2D eigenvalue weighted by molar-refractivity contribution is 7.10. The lowest BCUT2D eigenvalue weighted by Gasteiger charge is -2.26. The molecule has 0 aliphatic carbocycles. The summed E-state index contributed by atoms with van der Waals surface area (Å²) in [7, 11) is 1.62. The molecule has 5 heteroatoms. The molecule has 1 aromatic rings. The topological polar surface area (TPSA) is 49.8 Å². The van der Waals surface area contributed by atoms with Crippen molar-refractivity contribution in [2.75, 3.05) is 26.8 Å². The van der Waals surface area contributed by atoms with Gasteiger partial charge in [-0.1, -0.05) is 6.07 Å². The number of rotatable bonds is 7. The van der Waals surface area contributed by atoms with Gasteiger partial charge in [0, 0.05) is 24.6 Å². The number of carbonyl (C=O) groups is 1. The highest BCUT2D eigenvalue weighted by Gasteiger charge is 2.18. The van der Waals surface area contributed by atoms with Gasteiger partial charge in [0.05, 0.1) is 13.2 Å². The molecule has 0 radical (unpaired) electrons. The molecule has 1 unspecified atom stereocenters. The fourth-order valence-corrected chi connectivity index (χ4v) is 2.32. The minimum absolute atomic E-state index is 0.0441. The van der Waals surface area contributed by atoms with E-state index in [2.05, 4.69) is 0 Å². The first-order valence-electron chi connectivity index (χ1n) is 5.13. The Bertz CT molecular complexity index is 313. The maximum atomic E-state index is 10.8. The Balaban J connectivity index is 2.63. The van der Waals surface area contributed by atoms with Crippen molar-refractivity contribution in [2.45, 2.75) is 13.0 Å². The normalized spacial score (nSPS) is 12.9. The first kappa shape index (κ1) is 13.2. The average molecular weight is 243 g/mol. The van der Waals surface area contributed by atoms with Crippen LogP contribution in [0.15, 0.2) is 17.5 Å². The Hall–Kier alpha value is -0.910. The van der Waals surface area contributed by atoms with Gasteiger partial charge in [0.15, 0.2) is 0 Å². The van der Waals surface area contributed by atoms with Crippen molar-refractivity contribution < 1.29 is 14.6 Å². The predicted molar refractivity (Wildman–Crippen MR) is 63.8 cm³/mol. The molecule has 0 aliphatic heterocycles. The standard InChI is InChI=1S/C11H17NO3S/c1-9(10-4-3-7-16-10)12(5-6-15-2)8-11(13)14/h3-4,7,9H,5-6,8H2,1-2H3,(H,13,14). The second-order valence-corrected chi connectivity index (χ2v) is 4.53. The lowest BCUT2D eigenvalue weighted by molar-refractivity contribution is -0.139. The summed E-state index contributed by atoms with van der Waals surface area (Å²) < 4.78 is 4.99. The largest absolute Gasteiger partial charge is 0.480 e. The summed E-state index contributed by atoms with van der Waals surface area (Å²) in [5.41, 5.74) is 0. The third kappa shape index (κ3) is 3.92. The number of ether oxygens (including phenoxy) is 1. The molecule has 0 saturated heterocycles. The minimum atomic E-state index is -0.806. The lowest BCUT2D eigenvalue weighted by Crippen LogP contribution is -2.34. The molecule has 16 heavy (non-hydrogen) atoms. The van der Waals surface area contributed by atoms with Gasteiger partial charge in [0.1, 0.15) is 0 Å². The van der Waals surface area contributed by atoms with Crippen LogP contribution >= 0.6 is 11.3 Å². The molecule has 90 valence electrons. The molecule has 4 nitrogen and oxygen atoms in total. The van der Waals surface area contributed by atoms with Gasteiger partial charge in [-0.3, -0.25) is 9.69 Å². The monoisotopic (exact) mass is 243 g/mol. The summed E-state index contributed by atoms with van der Waals surface area (Å²) in [6, 6.07) is 4.12. The number of aliphatic carboxylic acids is 1. The van der Waals surface area contributed by atoms with Gasteiger partial charge in [-0.25, -0.2) is 0 Å². The molecule has 0 fully saturated rings. The SMILES string of the molecule is COCCN(CC(=O)O)C(C)c1cccs1. The van der Waals surface area contributed by atoms with Crippen LogP contribution in [0.3, 0.4) is 0 Å². The zero-order valence-electron chi connectivity index (χ0n) is 9.55. The maximum Gasteiger partial charge on any atom is 0.317 e. The van der Waals surface area contributed by atoms with Crippen molar-refractivity contribution >= 4 is 17.3 Å². The van der Waals surface area contributed by atoms with Gasteiger partial charge in [-0.15, -0.1) is 11.3 Å². The van der Waals surface area contributed by atoms with Gasteiger partial charge in [-0.2, -0.15) is 0 Å².